The Morgan fingerprint density at radius 3 is 2.00 bits per heavy atom. The van der Waals surface area contributed by atoms with Crippen LogP contribution in [0.2, 0.25) is 0 Å². The maximum atomic E-state index is 12.2. The smallest absolute Gasteiger partial charge is 0.243 e. The molecule has 0 aliphatic rings. The van der Waals surface area contributed by atoms with Gasteiger partial charge in [-0.2, -0.15) is 0 Å². The lowest BCUT2D eigenvalue weighted by molar-refractivity contribution is -0.132. The van der Waals surface area contributed by atoms with Crippen LogP contribution in [-0.2, 0) is 19.2 Å². The van der Waals surface area contributed by atoms with Gasteiger partial charge in [-0.05, 0) is 20.3 Å². The summed E-state index contributed by atoms with van der Waals surface area (Å²) in [6.07, 6.45) is 3.10. The Labute approximate surface area is 136 Å². The number of hydrogen-bond acceptors (Lipinski definition) is 4. The van der Waals surface area contributed by atoms with E-state index in [1.165, 1.54) is 20.8 Å². The van der Waals surface area contributed by atoms with Gasteiger partial charge in [0.1, 0.15) is 18.1 Å². The van der Waals surface area contributed by atoms with E-state index < -0.39 is 35.8 Å². The van der Waals surface area contributed by atoms with Crippen molar-refractivity contribution in [1.29, 1.82) is 0 Å². The summed E-state index contributed by atoms with van der Waals surface area (Å²) in [6, 6.07) is -2.34. The minimum absolute atomic E-state index is 0.331. The van der Waals surface area contributed by atoms with Crippen LogP contribution in [0.25, 0.3) is 0 Å². The van der Waals surface area contributed by atoms with Crippen molar-refractivity contribution in [2.75, 3.05) is 0 Å². The van der Waals surface area contributed by atoms with Gasteiger partial charge in [-0.1, -0.05) is 26.2 Å². The van der Waals surface area contributed by atoms with E-state index in [-0.39, 0.29) is 5.91 Å². The van der Waals surface area contributed by atoms with Gasteiger partial charge in [0.25, 0.3) is 0 Å². The number of rotatable bonds is 10. The summed E-state index contributed by atoms with van der Waals surface area (Å²) < 4.78 is 0. The monoisotopic (exact) mass is 328 g/mol. The summed E-state index contributed by atoms with van der Waals surface area (Å²) in [7, 11) is 0. The summed E-state index contributed by atoms with van der Waals surface area (Å²) in [4.78, 5) is 46.3. The Morgan fingerprint density at radius 1 is 0.913 bits per heavy atom. The van der Waals surface area contributed by atoms with E-state index in [0.29, 0.717) is 6.42 Å². The predicted octanol–water partition coefficient (Wildman–Crippen LogP) is -0.434. The van der Waals surface area contributed by atoms with Crippen LogP contribution in [0.1, 0.15) is 53.4 Å². The Kier molecular flexibility index (Phi) is 9.60. The molecular formula is C15H28N4O4. The fraction of sp³-hybridized carbons (Fsp3) is 0.733. The van der Waals surface area contributed by atoms with E-state index in [1.807, 2.05) is 6.92 Å². The molecule has 0 aromatic rings. The van der Waals surface area contributed by atoms with Crippen LogP contribution in [0.3, 0.4) is 0 Å². The van der Waals surface area contributed by atoms with Crippen LogP contribution >= 0.6 is 0 Å². The van der Waals surface area contributed by atoms with Crippen molar-refractivity contribution in [2.24, 2.45) is 5.73 Å². The largest absolute Gasteiger partial charge is 0.368 e. The first-order chi connectivity index (χ1) is 10.7. The third-order valence-electron chi connectivity index (χ3n) is 3.33. The van der Waals surface area contributed by atoms with Crippen LogP contribution < -0.4 is 21.7 Å². The highest BCUT2D eigenvalue weighted by Gasteiger charge is 2.25. The van der Waals surface area contributed by atoms with Gasteiger partial charge in [0, 0.05) is 6.92 Å². The molecule has 0 saturated carbocycles. The zero-order chi connectivity index (χ0) is 18.0. The van der Waals surface area contributed by atoms with Crippen LogP contribution in [0, 0.1) is 0 Å². The van der Waals surface area contributed by atoms with Gasteiger partial charge in [-0.15, -0.1) is 0 Å². The molecule has 0 bridgehead atoms. The molecule has 0 aromatic heterocycles. The minimum atomic E-state index is -0.819. The second-order valence-corrected chi connectivity index (χ2v) is 5.61. The molecule has 0 fully saturated rings. The molecule has 3 atom stereocenters. The fourth-order valence-corrected chi connectivity index (χ4v) is 1.92. The predicted molar refractivity (Wildman–Crippen MR) is 86.2 cm³/mol. The lowest BCUT2D eigenvalue weighted by Crippen LogP contribution is -2.55. The van der Waals surface area contributed by atoms with E-state index in [2.05, 4.69) is 16.0 Å². The molecule has 0 unspecified atom stereocenters. The molecule has 5 N–H and O–H groups in total. The van der Waals surface area contributed by atoms with E-state index in [0.717, 1.165) is 19.3 Å². The Morgan fingerprint density at radius 2 is 1.52 bits per heavy atom. The quantitative estimate of drug-likeness (QED) is 0.405. The van der Waals surface area contributed by atoms with Crippen molar-refractivity contribution < 1.29 is 19.2 Å². The fourth-order valence-electron chi connectivity index (χ4n) is 1.92. The van der Waals surface area contributed by atoms with Gasteiger partial charge < -0.3 is 21.7 Å². The molecule has 0 spiro atoms. The zero-order valence-electron chi connectivity index (χ0n) is 14.3. The van der Waals surface area contributed by atoms with E-state index >= 15 is 0 Å². The third-order valence-corrected chi connectivity index (χ3v) is 3.33. The van der Waals surface area contributed by atoms with Gasteiger partial charge in [0.05, 0.1) is 0 Å². The molecule has 4 amide bonds. The van der Waals surface area contributed by atoms with Crippen LogP contribution in [-0.4, -0.2) is 41.8 Å². The summed E-state index contributed by atoms with van der Waals surface area (Å²) in [5, 5.41) is 7.54. The molecule has 0 aliphatic carbocycles. The second kappa shape index (κ2) is 10.6. The number of nitrogens with two attached hydrogens (primary N) is 1. The lowest BCUT2D eigenvalue weighted by Gasteiger charge is -2.22. The number of primary amides is 1. The van der Waals surface area contributed by atoms with Crippen molar-refractivity contribution in [2.45, 2.75) is 71.5 Å². The van der Waals surface area contributed by atoms with Gasteiger partial charge >= 0.3 is 0 Å². The van der Waals surface area contributed by atoms with Crippen molar-refractivity contribution in [3.8, 4) is 0 Å². The Bertz CT molecular complexity index is 439. The molecule has 0 saturated heterocycles. The average molecular weight is 328 g/mol. The van der Waals surface area contributed by atoms with Gasteiger partial charge in [0.2, 0.25) is 23.6 Å². The van der Waals surface area contributed by atoms with Crippen molar-refractivity contribution in [3.63, 3.8) is 0 Å². The van der Waals surface area contributed by atoms with Gasteiger partial charge in [0.15, 0.2) is 0 Å². The molecule has 0 aliphatic heterocycles. The molecule has 0 radical (unpaired) electrons. The molecule has 0 heterocycles. The average Bonchev–Trinajstić information content (AvgIpc) is 2.45. The van der Waals surface area contributed by atoms with Crippen LogP contribution in [0.4, 0.5) is 0 Å². The van der Waals surface area contributed by atoms with Crippen LogP contribution in [0.5, 0.6) is 0 Å². The first-order valence-corrected chi connectivity index (χ1v) is 7.86. The summed E-state index contributed by atoms with van der Waals surface area (Å²) >= 11 is 0. The summed E-state index contributed by atoms with van der Waals surface area (Å²) in [5.41, 5.74) is 5.12. The molecule has 8 nitrogen and oxygen atoms in total. The highest BCUT2D eigenvalue weighted by atomic mass is 16.2. The summed E-state index contributed by atoms with van der Waals surface area (Å²) in [6.45, 7) is 6.35. The minimum Gasteiger partial charge on any atom is -0.368 e. The molecular weight excluding hydrogens is 300 g/mol. The zero-order valence-corrected chi connectivity index (χ0v) is 14.3. The number of carbonyl (C=O) groups excluding carboxylic acids is 4. The van der Waals surface area contributed by atoms with Crippen molar-refractivity contribution in [1.82, 2.24) is 16.0 Å². The summed E-state index contributed by atoms with van der Waals surface area (Å²) in [5.74, 6) is -1.90. The number of hydrogen-bond donors (Lipinski definition) is 4. The SMILES string of the molecule is CCCCC[C@H](NC(=O)[C@H](C)NC(C)=O)C(=O)N[C@@H](C)C(N)=O. The van der Waals surface area contributed by atoms with Gasteiger partial charge in [-0.3, -0.25) is 19.2 Å². The second-order valence-electron chi connectivity index (χ2n) is 5.61. The van der Waals surface area contributed by atoms with Crippen molar-refractivity contribution >= 4 is 23.6 Å². The third kappa shape index (κ3) is 8.80. The standard InChI is InChI=1S/C15H28N4O4/c1-5-6-7-8-12(15(23)18-9(2)13(16)21)19-14(22)10(3)17-11(4)20/h9-10,12H,5-8H2,1-4H3,(H2,16,21)(H,17,20)(H,18,23)(H,19,22)/t9-,10-,12-/m0/s1. The normalized spacial score (nSPS) is 14.3. The van der Waals surface area contributed by atoms with E-state index in [1.54, 1.807) is 0 Å². The maximum absolute atomic E-state index is 12.2. The molecule has 8 heteroatoms. The number of amides is 4. The molecule has 0 rings (SSSR count). The lowest BCUT2D eigenvalue weighted by atomic mass is 10.1. The highest BCUT2D eigenvalue weighted by Crippen LogP contribution is 2.05. The maximum Gasteiger partial charge on any atom is 0.243 e. The highest BCUT2D eigenvalue weighted by molar-refractivity contribution is 5.93. The number of unbranched alkanes of at least 4 members (excludes halogenated alkanes) is 2. The molecule has 23 heavy (non-hydrogen) atoms. The van der Waals surface area contributed by atoms with E-state index in [9.17, 15) is 19.2 Å². The first-order valence-electron chi connectivity index (χ1n) is 7.86. The number of nitrogens with one attached hydrogen (secondary N) is 3. The van der Waals surface area contributed by atoms with Gasteiger partial charge in [-0.25, -0.2) is 0 Å². The Balaban J connectivity index is 4.78. The number of carbonyl (C=O) groups is 4. The van der Waals surface area contributed by atoms with E-state index in [4.69, 9.17) is 5.73 Å². The first kappa shape index (κ1) is 20.9. The van der Waals surface area contributed by atoms with Crippen molar-refractivity contribution in [3.05, 3.63) is 0 Å². The topological polar surface area (TPSA) is 130 Å². The molecule has 132 valence electrons. The van der Waals surface area contributed by atoms with Crippen LogP contribution in [0.15, 0.2) is 0 Å². The molecule has 0 aromatic carbocycles. The Hall–Kier alpha value is -2.12.